The van der Waals surface area contributed by atoms with E-state index >= 15 is 0 Å². The Balaban J connectivity index is 1.97. The number of para-hydroxylation sites is 1. The van der Waals surface area contributed by atoms with E-state index in [0.717, 1.165) is 27.7 Å². The third-order valence-electron chi connectivity index (χ3n) is 6.52. The van der Waals surface area contributed by atoms with Crippen molar-refractivity contribution in [3.8, 4) is 0 Å². The molecule has 4 rings (SSSR count). The Morgan fingerprint density at radius 1 is 0.850 bits per heavy atom. The summed E-state index contributed by atoms with van der Waals surface area (Å²) in [5.41, 5.74) is 3.81. The van der Waals surface area contributed by atoms with Crippen molar-refractivity contribution in [1.29, 1.82) is 0 Å². The molecule has 0 aliphatic rings. The minimum atomic E-state index is -4.06. The molecule has 0 radical (unpaired) electrons. The monoisotopic (exact) mass is 590 g/mol. The topological polar surface area (TPSA) is 166 Å². The first-order chi connectivity index (χ1) is 18.3. The zero-order valence-electron chi connectivity index (χ0n) is 24.1. The van der Waals surface area contributed by atoms with Gasteiger partial charge < -0.3 is 0 Å². The molecule has 14 heteroatoms. The summed E-state index contributed by atoms with van der Waals surface area (Å²) < 4.78 is 59.8. The van der Waals surface area contributed by atoms with Crippen LogP contribution in [0.1, 0.15) is 65.2 Å². The predicted octanol–water partition coefficient (Wildman–Crippen LogP) is 3.45. The molecule has 5 N–H and O–H groups in total. The lowest BCUT2D eigenvalue weighted by molar-refractivity contribution is 0.584. The standard InChI is InChI=1S/C26H38N8O4S2/c1-9-28-40(37,38)32-24-18-13-16(14-20(26(5,6)7)21(18)33(8)29-24)15-34-22-17(23(30-34)31-39(27,35)36)11-10-12-19(22)25(2,3)4/h10-14,28H,9,15H2,1-8H3,(H,29,32)(H,30,31)(H2,27,35,36). The average Bonchev–Trinajstić information content (AvgIpc) is 3.27. The quantitative estimate of drug-likeness (QED) is 0.245. The second-order valence-electron chi connectivity index (χ2n) is 12.0. The maximum atomic E-state index is 12.6. The summed E-state index contributed by atoms with van der Waals surface area (Å²) in [5, 5.41) is 15.7. The molecule has 0 unspecified atom stereocenters. The van der Waals surface area contributed by atoms with E-state index in [2.05, 4.69) is 72.0 Å². The number of nitrogens with two attached hydrogens (primary N) is 1. The Kier molecular flexibility index (Phi) is 7.45. The largest absolute Gasteiger partial charge is 0.300 e. The van der Waals surface area contributed by atoms with Gasteiger partial charge in [-0.25, -0.2) is 5.14 Å². The van der Waals surface area contributed by atoms with Crippen molar-refractivity contribution in [2.24, 2.45) is 12.2 Å². The average molecular weight is 591 g/mol. The number of anilines is 2. The SMILES string of the molecule is CCNS(=O)(=O)Nc1nn(C)c2c(C(C)(C)C)cc(Cn3nc(NS(N)(=O)=O)c4cccc(C(C)(C)C)c43)cc12. The number of hydrogen-bond donors (Lipinski definition) is 4. The summed E-state index contributed by atoms with van der Waals surface area (Å²) in [5.74, 6) is 0.351. The molecule has 4 aromatic rings. The zero-order chi connectivity index (χ0) is 29.8. The lowest BCUT2D eigenvalue weighted by Gasteiger charge is -2.23. The van der Waals surface area contributed by atoms with Crippen molar-refractivity contribution < 1.29 is 16.8 Å². The van der Waals surface area contributed by atoms with Gasteiger partial charge in [-0.1, -0.05) is 66.7 Å². The lowest BCUT2D eigenvalue weighted by atomic mass is 9.84. The highest BCUT2D eigenvalue weighted by atomic mass is 32.2. The summed E-state index contributed by atoms with van der Waals surface area (Å²) in [6.07, 6.45) is 0. The molecule has 40 heavy (non-hydrogen) atoms. The summed E-state index contributed by atoms with van der Waals surface area (Å²) >= 11 is 0. The summed E-state index contributed by atoms with van der Waals surface area (Å²) in [4.78, 5) is 0. The van der Waals surface area contributed by atoms with E-state index in [-0.39, 0.29) is 35.6 Å². The van der Waals surface area contributed by atoms with E-state index in [1.54, 1.807) is 29.4 Å². The van der Waals surface area contributed by atoms with Crippen LogP contribution in [0.2, 0.25) is 0 Å². The van der Waals surface area contributed by atoms with Crippen LogP contribution in [0.3, 0.4) is 0 Å². The first kappa shape index (κ1) is 29.8. The fourth-order valence-electron chi connectivity index (χ4n) is 4.91. The van der Waals surface area contributed by atoms with E-state index in [4.69, 9.17) is 5.14 Å². The Labute approximate surface area is 235 Å². The number of benzene rings is 2. The van der Waals surface area contributed by atoms with E-state index in [0.29, 0.717) is 10.8 Å². The maximum Gasteiger partial charge on any atom is 0.300 e. The van der Waals surface area contributed by atoms with Crippen molar-refractivity contribution in [1.82, 2.24) is 24.3 Å². The second-order valence-corrected chi connectivity index (χ2v) is 14.8. The first-order valence-electron chi connectivity index (χ1n) is 12.9. The van der Waals surface area contributed by atoms with Crippen LogP contribution in [0.4, 0.5) is 11.6 Å². The van der Waals surface area contributed by atoms with Crippen LogP contribution in [0, 0.1) is 0 Å². The summed E-state index contributed by atoms with van der Waals surface area (Å²) in [6.45, 7) is 14.7. The molecule has 2 heterocycles. The molecule has 0 saturated heterocycles. The number of fused-ring (bicyclic) bond motifs is 2. The fourth-order valence-corrected chi connectivity index (χ4v) is 6.19. The van der Waals surface area contributed by atoms with Crippen molar-refractivity contribution in [3.05, 3.63) is 47.0 Å². The van der Waals surface area contributed by atoms with Crippen LogP contribution in [0.15, 0.2) is 30.3 Å². The van der Waals surface area contributed by atoms with Crippen molar-refractivity contribution in [2.75, 3.05) is 16.0 Å². The van der Waals surface area contributed by atoms with Gasteiger partial charge in [-0.2, -0.15) is 31.8 Å². The number of rotatable bonds is 8. The van der Waals surface area contributed by atoms with Gasteiger partial charge in [0.2, 0.25) is 0 Å². The smallest absolute Gasteiger partial charge is 0.265 e. The minimum absolute atomic E-state index is 0.140. The number of aryl methyl sites for hydroxylation is 1. The summed E-state index contributed by atoms with van der Waals surface area (Å²) in [7, 11) is -6.10. The first-order valence-corrected chi connectivity index (χ1v) is 15.9. The molecule has 218 valence electrons. The van der Waals surface area contributed by atoms with Crippen molar-refractivity contribution in [3.63, 3.8) is 0 Å². The van der Waals surface area contributed by atoms with E-state index < -0.39 is 20.4 Å². The van der Waals surface area contributed by atoms with Gasteiger partial charge in [0, 0.05) is 24.4 Å². The van der Waals surface area contributed by atoms with Gasteiger partial charge in [-0.15, -0.1) is 0 Å². The second kappa shape index (κ2) is 10.0. The third kappa shape index (κ3) is 6.09. The normalized spacial score (nSPS) is 13.3. The minimum Gasteiger partial charge on any atom is -0.265 e. The number of nitrogens with zero attached hydrogens (tertiary/aromatic N) is 4. The molecule has 0 atom stereocenters. The predicted molar refractivity (Wildman–Crippen MR) is 160 cm³/mol. The highest BCUT2D eigenvalue weighted by Gasteiger charge is 2.26. The Morgan fingerprint density at radius 3 is 2.05 bits per heavy atom. The fraction of sp³-hybridized carbons (Fsp3) is 0.462. The van der Waals surface area contributed by atoms with Gasteiger partial charge >= 0.3 is 0 Å². The molecule has 12 nitrogen and oxygen atoms in total. The molecule has 0 bridgehead atoms. The number of hydrogen-bond acceptors (Lipinski definition) is 6. The number of nitrogens with one attached hydrogen (secondary N) is 3. The highest BCUT2D eigenvalue weighted by Crippen LogP contribution is 2.37. The molecular weight excluding hydrogens is 552 g/mol. The Morgan fingerprint density at radius 2 is 1.48 bits per heavy atom. The van der Waals surface area contributed by atoms with Crippen LogP contribution in [-0.2, 0) is 44.8 Å². The van der Waals surface area contributed by atoms with Crippen molar-refractivity contribution in [2.45, 2.75) is 65.8 Å². The molecule has 2 aromatic carbocycles. The van der Waals surface area contributed by atoms with E-state index in [1.807, 2.05) is 18.2 Å². The zero-order valence-corrected chi connectivity index (χ0v) is 25.7. The van der Waals surface area contributed by atoms with Gasteiger partial charge in [0.05, 0.1) is 17.6 Å². The molecule has 0 spiro atoms. The van der Waals surface area contributed by atoms with E-state index in [9.17, 15) is 16.8 Å². The number of aromatic nitrogens is 4. The molecule has 0 saturated carbocycles. The summed E-state index contributed by atoms with van der Waals surface area (Å²) in [6, 6.07) is 9.62. The van der Waals surface area contributed by atoms with Gasteiger partial charge in [-0.05, 0) is 39.7 Å². The Bertz CT molecular complexity index is 1810. The molecule has 2 aromatic heterocycles. The van der Waals surface area contributed by atoms with Gasteiger partial charge in [0.1, 0.15) is 0 Å². The van der Waals surface area contributed by atoms with E-state index in [1.165, 1.54) is 0 Å². The van der Waals surface area contributed by atoms with Crippen LogP contribution in [0.25, 0.3) is 21.8 Å². The van der Waals surface area contributed by atoms with Crippen LogP contribution in [-0.4, -0.2) is 42.9 Å². The Hall–Kier alpha value is -3.20. The van der Waals surface area contributed by atoms with Crippen LogP contribution in [0.5, 0.6) is 0 Å². The van der Waals surface area contributed by atoms with Crippen LogP contribution >= 0.6 is 0 Å². The van der Waals surface area contributed by atoms with Crippen molar-refractivity contribution >= 4 is 53.9 Å². The van der Waals surface area contributed by atoms with Crippen LogP contribution < -0.4 is 19.3 Å². The maximum absolute atomic E-state index is 12.6. The molecule has 0 fully saturated rings. The molecular formula is C26H38N8O4S2. The van der Waals surface area contributed by atoms with Gasteiger partial charge in [-0.3, -0.25) is 18.8 Å². The molecule has 0 amide bonds. The van der Waals surface area contributed by atoms with Gasteiger partial charge in [0.25, 0.3) is 20.4 Å². The third-order valence-corrected chi connectivity index (χ3v) is 8.13. The molecule has 0 aliphatic carbocycles. The lowest BCUT2D eigenvalue weighted by Crippen LogP contribution is -2.30. The molecule has 0 aliphatic heterocycles. The van der Waals surface area contributed by atoms with Gasteiger partial charge in [0.15, 0.2) is 11.6 Å². The highest BCUT2D eigenvalue weighted by molar-refractivity contribution is 7.90.